The fourth-order valence-corrected chi connectivity index (χ4v) is 3.68. The van der Waals surface area contributed by atoms with E-state index in [0.29, 0.717) is 25.3 Å². The van der Waals surface area contributed by atoms with Gasteiger partial charge in [0.25, 0.3) is 5.91 Å². The van der Waals surface area contributed by atoms with Crippen LogP contribution in [0.2, 0.25) is 0 Å². The maximum Gasteiger partial charge on any atom is 0.252 e. The first-order valence-electron chi connectivity index (χ1n) is 10.4. The molecule has 2 aromatic heterocycles. The van der Waals surface area contributed by atoms with E-state index in [1.807, 2.05) is 41.1 Å². The minimum absolute atomic E-state index is 0.0574. The number of pyridine rings is 1. The first-order chi connectivity index (χ1) is 14.4. The quantitative estimate of drug-likeness (QED) is 0.704. The number of para-hydroxylation sites is 1. The molecule has 1 amide bonds. The SMILES string of the molecule is CC(C)(C)[C@H](Cn1ccnc1)NC(=O)c1cc(N2CCOCC2)nc2ccccc12. The molecule has 0 aliphatic carbocycles. The van der Waals surface area contributed by atoms with E-state index in [9.17, 15) is 4.79 Å². The maximum atomic E-state index is 13.5. The average molecular weight is 408 g/mol. The smallest absolute Gasteiger partial charge is 0.252 e. The summed E-state index contributed by atoms with van der Waals surface area (Å²) < 4.78 is 7.47. The molecule has 0 saturated carbocycles. The lowest BCUT2D eigenvalue weighted by Crippen LogP contribution is -2.46. The topological polar surface area (TPSA) is 72.3 Å². The third kappa shape index (κ3) is 4.46. The van der Waals surface area contributed by atoms with Crippen LogP contribution in [-0.2, 0) is 11.3 Å². The third-order valence-corrected chi connectivity index (χ3v) is 5.59. The highest BCUT2D eigenvalue weighted by Gasteiger charge is 2.28. The molecule has 4 rings (SSSR count). The van der Waals surface area contributed by atoms with Crippen LogP contribution in [-0.4, -0.2) is 52.8 Å². The van der Waals surface area contributed by atoms with Crippen molar-refractivity contribution in [1.82, 2.24) is 19.9 Å². The van der Waals surface area contributed by atoms with Gasteiger partial charge in [0.1, 0.15) is 5.82 Å². The molecule has 1 aromatic carbocycles. The van der Waals surface area contributed by atoms with Gasteiger partial charge in [0, 0.05) is 37.4 Å². The fraction of sp³-hybridized carbons (Fsp3) is 0.435. The zero-order valence-electron chi connectivity index (χ0n) is 17.8. The number of nitrogens with zero attached hydrogens (tertiary/aromatic N) is 4. The van der Waals surface area contributed by atoms with Gasteiger partial charge in [0.2, 0.25) is 0 Å². The zero-order valence-corrected chi connectivity index (χ0v) is 17.8. The Morgan fingerprint density at radius 2 is 2.00 bits per heavy atom. The van der Waals surface area contributed by atoms with Crippen molar-refractivity contribution in [3.05, 3.63) is 54.6 Å². The molecular formula is C23H29N5O2. The number of hydrogen-bond acceptors (Lipinski definition) is 5. The van der Waals surface area contributed by atoms with E-state index in [4.69, 9.17) is 9.72 Å². The molecule has 0 unspecified atom stereocenters. The van der Waals surface area contributed by atoms with Crippen LogP contribution < -0.4 is 10.2 Å². The lowest BCUT2D eigenvalue weighted by atomic mass is 9.86. The van der Waals surface area contributed by atoms with Crippen LogP contribution in [0, 0.1) is 5.41 Å². The van der Waals surface area contributed by atoms with Crippen LogP contribution in [0.4, 0.5) is 5.82 Å². The van der Waals surface area contributed by atoms with Crippen LogP contribution >= 0.6 is 0 Å². The van der Waals surface area contributed by atoms with E-state index in [-0.39, 0.29) is 17.4 Å². The molecule has 1 fully saturated rings. The molecule has 3 heterocycles. The van der Waals surface area contributed by atoms with Crippen molar-refractivity contribution in [3.8, 4) is 0 Å². The Morgan fingerprint density at radius 3 is 2.70 bits per heavy atom. The number of benzene rings is 1. The number of fused-ring (bicyclic) bond motifs is 1. The van der Waals surface area contributed by atoms with E-state index in [0.717, 1.165) is 29.8 Å². The highest BCUT2D eigenvalue weighted by Crippen LogP contribution is 2.26. The molecule has 0 radical (unpaired) electrons. The largest absolute Gasteiger partial charge is 0.378 e. The molecule has 3 aromatic rings. The molecule has 7 heteroatoms. The Bertz CT molecular complexity index is 1000. The highest BCUT2D eigenvalue weighted by atomic mass is 16.5. The summed E-state index contributed by atoms with van der Waals surface area (Å²) in [4.78, 5) is 24.6. The fourth-order valence-electron chi connectivity index (χ4n) is 3.68. The molecule has 1 aliphatic rings. The van der Waals surface area contributed by atoms with Crippen molar-refractivity contribution in [2.75, 3.05) is 31.2 Å². The Kier molecular flexibility index (Phi) is 5.72. The second-order valence-corrected chi connectivity index (χ2v) is 8.80. The van der Waals surface area contributed by atoms with Crippen molar-refractivity contribution in [3.63, 3.8) is 0 Å². The van der Waals surface area contributed by atoms with Gasteiger partial charge in [-0.2, -0.15) is 0 Å². The predicted molar refractivity (Wildman–Crippen MR) is 118 cm³/mol. The Balaban J connectivity index is 1.67. The van der Waals surface area contributed by atoms with E-state index >= 15 is 0 Å². The van der Waals surface area contributed by atoms with Gasteiger partial charge in [0.05, 0.1) is 36.7 Å². The molecule has 7 nitrogen and oxygen atoms in total. The first-order valence-corrected chi connectivity index (χ1v) is 10.4. The number of aromatic nitrogens is 3. The van der Waals surface area contributed by atoms with Gasteiger partial charge < -0.3 is 19.5 Å². The lowest BCUT2D eigenvalue weighted by molar-refractivity contribution is 0.0894. The van der Waals surface area contributed by atoms with Crippen molar-refractivity contribution in [2.24, 2.45) is 5.41 Å². The summed E-state index contributed by atoms with van der Waals surface area (Å²) in [5.74, 6) is 0.743. The van der Waals surface area contributed by atoms with Crippen LogP contribution in [0.15, 0.2) is 49.1 Å². The highest BCUT2D eigenvalue weighted by molar-refractivity contribution is 6.07. The van der Waals surface area contributed by atoms with Crippen molar-refractivity contribution < 1.29 is 9.53 Å². The first kappa shape index (κ1) is 20.3. The number of ether oxygens (including phenoxy) is 1. The minimum atomic E-state index is -0.115. The van der Waals surface area contributed by atoms with Crippen molar-refractivity contribution >= 4 is 22.6 Å². The van der Waals surface area contributed by atoms with Crippen molar-refractivity contribution in [2.45, 2.75) is 33.4 Å². The summed E-state index contributed by atoms with van der Waals surface area (Å²) in [5, 5.41) is 4.14. The predicted octanol–water partition coefficient (Wildman–Crippen LogP) is 3.11. The molecule has 1 atom stereocenters. The van der Waals surface area contributed by atoms with Gasteiger partial charge in [-0.25, -0.2) is 9.97 Å². The van der Waals surface area contributed by atoms with E-state index in [1.165, 1.54) is 0 Å². The van der Waals surface area contributed by atoms with Gasteiger partial charge in [-0.15, -0.1) is 0 Å². The molecule has 0 bridgehead atoms. The second-order valence-electron chi connectivity index (χ2n) is 8.80. The normalized spacial score (nSPS) is 15.9. The number of amides is 1. The van der Waals surface area contributed by atoms with Crippen molar-refractivity contribution in [1.29, 1.82) is 0 Å². The van der Waals surface area contributed by atoms with Gasteiger partial charge in [-0.05, 0) is 17.5 Å². The number of hydrogen-bond donors (Lipinski definition) is 1. The number of anilines is 1. The third-order valence-electron chi connectivity index (χ3n) is 5.59. The van der Waals surface area contributed by atoms with E-state index < -0.39 is 0 Å². The standard InChI is InChI=1S/C23H29N5O2/c1-23(2,3)20(15-27-9-8-24-16-27)26-22(29)18-14-21(28-10-12-30-13-11-28)25-19-7-5-4-6-17(18)19/h4-9,14,16,20H,10-13,15H2,1-3H3,(H,26,29)/t20-/m0/s1. The van der Waals surface area contributed by atoms with Crippen LogP contribution in [0.3, 0.4) is 0 Å². The summed E-state index contributed by atoms with van der Waals surface area (Å²) >= 11 is 0. The number of imidazole rings is 1. The molecule has 1 aliphatic heterocycles. The van der Waals surface area contributed by atoms with Crippen LogP contribution in [0.5, 0.6) is 0 Å². The molecule has 1 N–H and O–H groups in total. The molecule has 30 heavy (non-hydrogen) atoms. The summed E-state index contributed by atoms with van der Waals surface area (Å²) in [5.41, 5.74) is 1.37. The average Bonchev–Trinajstić information content (AvgIpc) is 3.25. The Morgan fingerprint density at radius 1 is 1.23 bits per heavy atom. The maximum absolute atomic E-state index is 13.5. The van der Waals surface area contributed by atoms with Crippen LogP contribution in [0.1, 0.15) is 31.1 Å². The number of carbonyl (C=O) groups is 1. The van der Waals surface area contributed by atoms with Gasteiger partial charge in [-0.3, -0.25) is 4.79 Å². The van der Waals surface area contributed by atoms with Gasteiger partial charge in [0.15, 0.2) is 0 Å². The van der Waals surface area contributed by atoms with Gasteiger partial charge >= 0.3 is 0 Å². The summed E-state index contributed by atoms with van der Waals surface area (Å²) in [7, 11) is 0. The number of nitrogens with one attached hydrogen (secondary N) is 1. The number of carbonyl (C=O) groups excluding carboxylic acids is 1. The molecule has 158 valence electrons. The second kappa shape index (κ2) is 8.44. The summed E-state index contributed by atoms with van der Waals surface area (Å²) in [6.45, 7) is 9.97. The van der Waals surface area contributed by atoms with Crippen LogP contribution in [0.25, 0.3) is 10.9 Å². The lowest BCUT2D eigenvalue weighted by Gasteiger charge is -2.32. The van der Waals surface area contributed by atoms with E-state index in [1.54, 1.807) is 12.5 Å². The zero-order chi connectivity index (χ0) is 21.1. The molecule has 1 saturated heterocycles. The molecular weight excluding hydrogens is 378 g/mol. The van der Waals surface area contributed by atoms with Gasteiger partial charge in [-0.1, -0.05) is 39.0 Å². The number of rotatable bonds is 5. The summed E-state index contributed by atoms with van der Waals surface area (Å²) in [6, 6.07) is 9.68. The molecule has 0 spiro atoms. The Labute approximate surface area is 177 Å². The minimum Gasteiger partial charge on any atom is -0.378 e. The number of morpholine rings is 1. The monoisotopic (exact) mass is 407 g/mol. The summed E-state index contributed by atoms with van der Waals surface area (Å²) in [6.07, 6.45) is 5.46. The van der Waals surface area contributed by atoms with E-state index in [2.05, 4.69) is 36.0 Å². The Hall–Kier alpha value is -2.93.